The van der Waals surface area contributed by atoms with Gasteiger partial charge in [0.25, 0.3) is 11.8 Å². The molecule has 17 heteroatoms. The second-order valence-corrected chi connectivity index (χ2v) is 16.1. The number of anilines is 1. The maximum atomic E-state index is 14.6. The Labute approximate surface area is 365 Å². The lowest BCUT2D eigenvalue weighted by Crippen LogP contribution is -2.62. The Morgan fingerprint density at radius 1 is 0.762 bits per heavy atom. The maximum absolute atomic E-state index is 14.6. The molecule has 4 heterocycles. The normalized spacial score (nSPS) is 23.1. The lowest BCUT2D eigenvalue weighted by atomic mass is 9.79. The highest BCUT2D eigenvalue weighted by Crippen LogP contribution is 2.48. The average Bonchev–Trinajstić information content (AvgIpc) is 3.97. The number of alkyl halides is 1. The number of nitrogens with zero attached hydrogens (tertiary/aromatic N) is 1. The van der Waals surface area contributed by atoms with E-state index < -0.39 is 78.5 Å². The zero-order valence-electron chi connectivity index (χ0n) is 34.7. The van der Waals surface area contributed by atoms with Gasteiger partial charge >= 0.3 is 23.9 Å². The number of hydrogen-bond donors (Lipinski definition) is 3. The van der Waals surface area contributed by atoms with Crippen LogP contribution < -0.4 is 5.32 Å². The van der Waals surface area contributed by atoms with Crippen molar-refractivity contribution in [1.29, 1.82) is 0 Å². The standard InChI is InChI=1S/C46H43ClN4O12/c1-22(47)32-20-51(45(57)36-18-28-16-29(14-15-34(28)50-36)48-44(56)35-17-27-10-6-9-13-33(27)49-35)37-19-38(30-11-7-8-12-31(30)40(32)37)62-46-43(61-26(5)55)42(60-25(4)54)41(59-24(3)53)39(63-46)21-58-23(2)52/h6-20,22,37,39-43,46,49-50H,21H2,1-5H3,(H,48,56)/t22?,37?,39-,40?,41+,42+,43-,46-/m1/s1. The first-order valence-electron chi connectivity index (χ1n) is 20.1. The summed E-state index contributed by atoms with van der Waals surface area (Å²) in [5.74, 6) is -3.90. The number of H-pyrrole nitrogens is 2. The first kappa shape index (κ1) is 42.8. The van der Waals surface area contributed by atoms with Crippen LogP contribution in [0, 0.1) is 0 Å². The first-order chi connectivity index (χ1) is 30.1. The molecule has 326 valence electrons. The summed E-state index contributed by atoms with van der Waals surface area (Å²) in [6, 6.07) is 23.0. The number of aromatic amines is 2. The molecule has 3 aliphatic rings. The summed E-state index contributed by atoms with van der Waals surface area (Å²) in [6.45, 7) is 5.97. The summed E-state index contributed by atoms with van der Waals surface area (Å²) in [5, 5.41) is 4.02. The molecular weight excluding hydrogens is 836 g/mol. The Bertz CT molecular complexity index is 2690. The van der Waals surface area contributed by atoms with E-state index in [1.165, 1.54) is 6.92 Å². The van der Waals surface area contributed by atoms with Crippen LogP contribution in [-0.4, -0.2) is 99.3 Å². The van der Waals surface area contributed by atoms with Crippen LogP contribution in [0.4, 0.5) is 5.69 Å². The van der Waals surface area contributed by atoms with Crippen LogP contribution in [0.25, 0.3) is 27.6 Å². The minimum atomic E-state index is -1.52. The van der Waals surface area contributed by atoms with Crippen LogP contribution in [0.5, 0.6) is 0 Å². The first-order valence-corrected chi connectivity index (χ1v) is 20.6. The van der Waals surface area contributed by atoms with Crippen LogP contribution in [0.3, 0.4) is 0 Å². The van der Waals surface area contributed by atoms with Crippen molar-refractivity contribution in [3.63, 3.8) is 0 Å². The van der Waals surface area contributed by atoms with Gasteiger partial charge in [-0.05, 0) is 60.5 Å². The molecule has 2 aliphatic heterocycles. The molecular formula is C46H43ClN4O12. The van der Waals surface area contributed by atoms with E-state index in [2.05, 4.69) is 15.3 Å². The van der Waals surface area contributed by atoms with Crippen molar-refractivity contribution in [2.45, 2.75) is 82.7 Å². The van der Waals surface area contributed by atoms with Crippen LogP contribution in [0.1, 0.15) is 72.6 Å². The molecule has 3 unspecified atom stereocenters. The lowest BCUT2D eigenvalue weighted by molar-refractivity contribution is -0.294. The molecule has 16 nitrogen and oxygen atoms in total. The molecule has 1 fully saturated rings. The van der Waals surface area contributed by atoms with Crippen molar-refractivity contribution in [1.82, 2.24) is 14.9 Å². The molecule has 2 aromatic heterocycles. The highest BCUT2D eigenvalue weighted by Gasteiger charge is 2.54. The third-order valence-corrected chi connectivity index (χ3v) is 11.2. The topological polar surface area (TPSA) is 205 Å². The predicted molar refractivity (Wildman–Crippen MR) is 228 cm³/mol. The number of ether oxygens (including phenoxy) is 6. The molecule has 3 aromatic carbocycles. The van der Waals surface area contributed by atoms with Crippen molar-refractivity contribution in [3.8, 4) is 0 Å². The zero-order chi connectivity index (χ0) is 44.7. The SMILES string of the molecule is CC(=O)OC[C@H]1O[C@@H](OC2=CC3C(C(C(C)Cl)=CN3C(=O)c3cc4cc(NC(=O)c5cc6ccccc6[nH]5)ccc4[nH]3)c3ccccc32)[C@H](OC(C)=O)[C@@H](OC(C)=O)[C@H]1OC(C)=O. The van der Waals surface area contributed by atoms with Crippen molar-refractivity contribution >= 4 is 80.5 Å². The van der Waals surface area contributed by atoms with Gasteiger partial charge in [-0.15, -0.1) is 11.6 Å². The number of nitrogens with one attached hydrogen (secondary N) is 3. The fourth-order valence-electron chi connectivity index (χ4n) is 8.38. The van der Waals surface area contributed by atoms with Crippen LogP contribution in [0.2, 0.25) is 0 Å². The molecule has 0 bridgehead atoms. The summed E-state index contributed by atoms with van der Waals surface area (Å²) in [5.41, 5.74) is 4.83. The Hall–Kier alpha value is -6.91. The van der Waals surface area contributed by atoms with Gasteiger partial charge in [-0.2, -0.15) is 0 Å². The second kappa shape index (κ2) is 17.5. The predicted octanol–water partition coefficient (Wildman–Crippen LogP) is 6.48. The Morgan fingerprint density at radius 3 is 2.13 bits per heavy atom. The van der Waals surface area contributed by atoms with E-state index in [0.717, 1.165) is 42.8 Å². The third kappa shape index (κ3) is 8.77. The van der Waals surface area contributed by atoms with E-state index in [0.29, 0.717) is 27.8 Å². The van der Waals surface area contributed by atoms with E-state index >= 15 is 0 Å². The minimum absolute atomic E-state index is 0.217. The number of benzene rings is 3. The number of carbonyl (C=O) groups excluding carboxylic acids is 6. The van der Waals surface area contributed by atoms with E-state index in [-0.39, 0.29) is 23.3 Å². The minimum Gasteiger partial charge on any atom is -0.463 e. The molecule has 8 atom stereocenters. The molecule has 1 aliphatic carbocycles. The lowest BCUT2D eigenvalue weighted by Gasteiger charge is -2.44. The van der Waals surface area contributed by atoms with Crippen LogP contribution in [-0.2, 0) is 47.6 Å². The number of halogens is 1. The zero-order valence-corrected chi connectivity index (χ0v) is 35.5. The highest BCUT2D eigenvalue weighted by atomic mass is 35.5. The van der Waals surface area contributed by atoms with Crippen LogP contribution >= 0.6 is 11.6 Å². The van der Waals surface area contributed by atoms with Gasteiger partial charge in [0, 0.05) is 72.9 Å². The van der Waals surface area contributed by atoms with Crippen molar-refractivity contribution in [2.24, 2.45) is 0 Å². The van der Waals surface area contributed by atoms with Crippen molar-refractivity contribution in [3.05, 3.63) is 119 Å². The third-order valence-electron chi connectivity index (χ3n) is 11.0. The molecule has 0 spiro atoms. The van der Waals surface area contributed by atoms with Crippen LogP contribution in [0.15, 0.2) is 96.7 Å². The number of amides is 2. The van der Waals surface area contributed by atoms with Gasteiger partial charge in [-0.1, -0.05) is 42.5 Å². The summed E-state index contributed by atoms with van der Waals surface area (Å²) in [7, 11) is 0. The number of aromatic nitrogens is 2. The van der Waals surface area contributed by atoms with E-state index in [4.69, 9.17) is 40.0 Å². The molecule has 2 amide bonds. The average molecular weight is 879 g/mol. The Kier molecular flexibility index (Phi) is 11.9. The summed E-state index contributed by atoms with van der Waals surface area (Å²) < 4.78 is 34.9. The number of rotatable bonds is 11. The number of carbonyl (C=O) groups is 6. The van der Waals surface area contributed by atoms with Gasteiger partial charge in [0.15, 0.2) is 12.2 Å². The van der Waals surface area contributed by atoms with E-state index in [9.17, 15) is 28.8 Å². The van der Waals surface area contributed by atoms with E-state index in [1.54, 1.807) is 53.6 Å². The van der Waals surface area contributed by atoms with Crippen molar-refractivity contribution in [2.75, 3.05) is 11.9 Å². The maximum Gasteiger partial charge on any atom is 0.303 e. The summed E-state index contributed by atoms with van der Waals surface area (Å²) in [6.07, 6.45) is -3.62. The van der Waals surface area contributed by atoms with Gasteiger partial charge in [-0.25, -0.2) is 0 Å². The number of hydrogen-bond acceptors (Lipinski definition) is 12. The largest absolute Gasteiger partial charge is 0.463 e. The molecule has 1 saturated heterocycles. The van der Waals surface area contributed by atoms with Gasteiger partial charge in [0.1, 0.15) is 29.9 Å². The fourth-order valence-corrected chi connectivity index (χ4v) is 8.57. The molecule has 0 radical (unpaired) electrons. The van der Waals surface area contributed by atoms with Crippen molar-refractivity contribution < 1.29 is 57.2 Å². The molecule has 63 heavy (non-hydrogen) atoms. The number of fused-ring (bicyclic) bond motifs is 5. The Morgan fingerprint density at radius 2 is 1.41 bits per heavy atom. The van der Waals surface area contributed by atoms with Gasteiger partial charge < -0.3 is 48.6 Å². The highest BCUT2D eigenvalue weighted by molar-refractivity contribution is 6.22. The van der Waals surface area contributed by atoms with Gasteiger partial charge in [0.05, 0.1) is 11.4 Å². The number of esters is 4. The molecule has 0 saturated carbocycles. The van der Waals surface area contributed by atoms with Gasteiger partial charge in [0.2, 0.25) is 12.4 Å². The summed E-state index contributed by atoms with van der Waals surface area (Å²) in [4.78, 5) is 85.0. The summed E-state index contributed by atoms with van der Waals surface area (Å²) >= 11 is 6.83. The fraction of sp³-hybridized carbons (Fsp3) is 0.304. The molecule has 5 aromatic rings. The van der Waals surface area contributed by atoms with E-state index in [1.807, 2.05) is 49.4 Å². The molecule has 8 rings (SSSR count). The smallest absolute Gasteiger partial charge is 0.303 e. The Balaban J connectivity index is 1.12. The molecule has 3 N–H and O–H groups in total. The van der Waals surface area contributed by atoms with Gasteiger partial charge in [-0.3, -0.25) is 28.8 Å². The second-order valence-electron chi connectivity index (χ2n) is 15.4. The monoisotopic (exact) mass is 878 g/mol. The number of para-hydroxylation sites is 1. The quantitative estimate of drug-likeness (QED) is 0.0742.